The quantitative estimate of drug-likeness (QED) is 0.477. The van der Waals surface area contributed by atoms with E-state index in [4.69, 9.17) is 11.1 Å². The van der Waals surface area contributed by atoms with Crippen LogP contribution < -0.4 is 16.0 Å². The van der Waals surface area contributed by atoms with Gasteiger partial charge in [0.05, 0.1) is 12.7 Å². The summed E-state index contributed by atoms with van der Waals surface area (Å²) in [6, 6.07) is 6.62. The van der Waals surface area contributed by atoms with Crippen LogP contribution in [0.15, 0.2) is 48.9 Å². The minimum atomic E-state index is -2.70. The molecule has 1 fully saturated rings. The van der Waals surface area contributed by atoms with Crippen LogP contribution in [0, 0.1) is 11.2 Å². The second-order valence-electron chi connectivity index (χ2n) is 7.10. The standard InChI is InChI=1S/C22H22F3N5O/c23-19-13-28-12-15(21(19)16(10-26)11-27)2-7-20(31)29-17-3-5-18(6-4-17)30-9-1-8-22(24,25)14-30/h2-7,10-13,26H,1,8-9,14,27H2,(H,29,31)/b7-2+,16-11?,26-10?. The highest BCUT2D eigenvalue weighted by Crippen LogP contribution is 2.30. The van der Waals surface area contributed by atoms with Crippen LogP contribution in [-0.4, -0.2) is 36.1 Å². The molecule has 4 N–H and O–H groups in total. The molecule has 1 aromatic heterocycles. The number of halogens is 3. The van der Waals surface area contributed by atoms with Crippen molar-refractivity contribution in [3.63, 3.8) is 0 Å². The van der Waals surface area contributed by atoms with Crippen molar-refractivity contribution in [2.75, 3.05) is 23.3 Å². The molecular weight excluding hydrogens is 407 g/mol. The Labute approximate surface area is 177 Å². The van der Waals surface area contributed by atoms with Crippen molar-refractivity contribution in [3.05, 3.63) is 65.9 Å². The van der Waals surface area contributed by atoms with Gasteiger partial charge in [-0.25, -0.2) is 13.2 Å². The first-order chi connectivity index (χ1) is 14.8. The summed E-state index contributed by atoms with van der Waals surface area (Å²) in [5.74, 6) is -3.83. The summed E-state index contributed by atoms with van der Waals surface area (Å²) < 4.78 is 41.4. The van der Waals surface area contributed by atoms with E-state index < -0.39 is 17.6 Å². The Hall–Kier alpha value is -3.62. The molecule has 1 aliphatic rings. The summed E-state index contributed by atoms with van der Waals surface area (Å²) in [4.78, 5) is 17.6. The second-order valence-corrected chi connectivity index (χ2v) is 7.10. The Morgan fingerprint density at radius 1 is 1.26 bits per heavy atom. The van der Waals surface area contributed by atoms with E-state index in [1.165, 1.54) is 18.3 Å². The SMILES string of the molecule is N=CC(=CN)c1c(F)cncc1/C=C/C(=O)Nc1ccc(N2CCCC(F)(F)C2)cc1. The molecule has 1 aromatic carbocycles. The van der Waals surface area contributed by atoms with Crippen LogP contribution in [0.5, 0.6) is 0 Å². The molecule has 0 aliphatic carbocycles. The Balaban J connectivity index is 1.69. The summed E-state index contributed by atoms with van der Waals surface area (Å²) >= 11 is 0. The molecule has 1 aliphatic heterocycles. The predicted octanol–water partition coefficient (Wildman–Crippen LogP) is 4.06. The lowest BCUT2D eigenvalue weighted by Gasteiger charge is -2.34. The van der Waals surface area contributed by atoms with E-state index in [9.17, 15) is 18.0 Å². The largest absolute Gasteiger partial charge is 0.404 e. The summed E-state index contributed by atoms with van der Waals surface area (Å²) in [6.07, 6.45) is 7.27. The van der Waals surface area contributed by atoms with Crippen LogP contribution in [0.25, 0.3) is 11.6 Å². The molecule has 31 heavy (non-hydrogen) atoms. The van der Waals surface area contributed by atoms with Gasteiger partial charge in [-0.1, -0.05) is 0 Å². The number of nitrogens with one attached hydrogen (secondary N) is 2. The highest BCUT2D eigenvalue weighted by Gasteiger charge is 2.35. The van der Waals surface area contributed by atoms with Crippen LogP contribution in [-0.2, 0) is 4.79 Å². The molecular formula is C22H22F3N5O. The number of rotatable bonds is 6. The van der Waals surface area contributed by atoms with Crippen LogP contribution in [0.1, 0.15) is 24.0 Å². The summed E-state index contributed by atoms with van der Waals surface area (Å²) in [5, 5.41) is 10.0. The van der Waals surface area contributed by atoms with Crippen molar-refractivity contribution in [1.29, 1.82) is 5.41 Å². The summed E-state index contributed by atoms with van der Waals surface area (Å²) in [5.41, 5.74) is 7.10. The highest BCUT2D eigenvalue weighted by atomic mass is 19.3. The fourth-order valence-electron chi connectivity index (χ4n) is 3.38. The number of piperidine rings is 1. The van der Waals surface area contributed by atoms with E-state index in [0.29, 0.717) is 24.3 Å². The Morgan fingerprint density at radius 3 is 2.65 bits per heavy atom. The van der Waals surface area contributed by atoms with Crippen LogP contribution in [0.2, 0.25) is 0 Å². The number of allylic oxidation sites excluding steroid dienone is 1. The number of hydrogen-bond donors (Lipinski definition) is 3. The van der Waals surface area contributed by atoms with Crippen LogP contribution in [0.4, 0.5) is 24.5 Å². The van der Waals surface area contributed by atoms with E-state index in [-0.39, 0.29) is 29.7 Å². The third kappa shape index (κ3) is 5.50. The summed E-state index contributed by atoms with van der Waals surface area (Å²) in [6.45, 7) is 0.240. The zero-order chi connectivity index (χ0) is 22.4. The van der Waals surface area contributed by atoms with Gasteiger partial charge in [-0.3, -0.25) is 9.78 Å². The van der Waals surface area contributed by atoms with Gasteiger partial charge in [-0.05, 0) is 36.8 Å². The van der Waals surface area contributed by atoms with Gasteiger partial charge in [0, 0.05) is 65.7 Å². The molecule has 0 spiro atoms. The first-order valence-electron chi connectivity index (χ1n) is 9.61. The molecule has 1 saturated heterocycles. The molecule has 6 nitrogen and oxygen atoms in total. The molecule has 1 amide bonds. The lowest BCUT2D eigenvalue weighted by Crippen LogP contribution is -2.42. The smallest absolute Gasteiger partial charge is 0.265 e. The number of carbonyl (C=O) groups is 1. The number of nitrogens with two attached hydrogens (primary N) is 1. The van der Waals surface area contributed by atoms with Gasteiger partial charge in [-0.15, -0.1) is 0 Å². The molecule has 0 atom stereocenters. The van der Waals surface area contributed by atoms with Gasteiger partial charge < -0.3 is 21.4 Å². The number of aromatic nitrogens is 1. The number of amides is 1. The van der Waals surface area contributed by atoms with Crippen molar-refractivity contribution in [3.8, 4) is 0 Å². The van der Waals surface area contributed by atoms with Crippen molar-refractivity contribution >= 4 is 35.1 Å². The third-order valence-corrected chi connectivity index (χ3v) is 4.86. The van der Waals surface area contributed by atoms with Gasteiger partial charge in [-0.2, -0.15) is 0 Å². The molecule has 3 rings (SSSR count). The zero-order valence-electron chi connectivity index (χ0n) is 16.6. The molecule has 2 aromatic rings. The Bertz CT molecular complexity index is 1020. The van der Waals surface area contributed by atoms with Crippen LogP contribution >= 0.6 is 0 Å². The third-order valence-electron chi connectivity index (χ3n) is 4.86. The molecule has 2 heterocycles. The van der Waals surface area contributed by atoms with Crippen molar-refractivity contribution < 1.29 is 18.0 Å². The van der Waals surface area contributed by atoms with Crippen LogP contribution in [0.3, 0.4) is 0 Å². The van der Waals surface area contributed by atoms with E-state index in [1.807, 2.05) is 0 Å². The number of anilines is 2. The molecule has 0 saturated carbocycles. The molecule has 9 heteroatoms. The van der Waals surface area contributed by atoms with Gasteiger partial charge in [0.2, 0.25) is 5.91 Å². The fourth-order valence-corrected chi connectivity index (χ4v) is 3.38. The Kier molecular flexibility index (Phi) is 6.74. The zero-order valence-corrected chi connectivity index (χ0v) is 16.6. The second kappa shape index (κ2) is 9.46. The van der Waals surface area contributed by atoms with Gasteiger partial charge in [0.15, 0.2) is 0 Å². The number of hydrogen-bond acceptors (Lipinski definition) is 5. The average molecular weight is 429 g/mol. The summed E-state index contributed by atoms with van der Waals surface area (Å²) in [7, 11) is 0. The first-order valence-corrected chi connectivity index (χ1v) is 9.61. The van der Waals surface area contributed by atoms with E-state index in [2.05, 4.69) is 10.3 Å². The lowest BCUT2D eigenvalue weighted by molar-refractivity contribution is -0.111. The number of benzene rings is 1. The van der Waals surface area contributed by atoms with Gasteiger partial charge >= 0.3 is 0 Å². The first kappa shape index (κ1) is 22.1. The maximum atomic E-state index is 14.1. The van der Waals surface area contributed by atoms with Gasteiger partial charge in [0.25, 0.3) is 5.92 Å². The molecule has 162 valence electrons. The number of alkyl halides is 2. The van der Waals surface area contributed by atoms with E-state index in [1.54, 1.807) is 29.2 Å². The average Bonchev–Trinajstić information content (AvgIpc) is 2.74. The van der Waals surface area contributed by atoms with E-state index >= 15 is 0 Å². The fraction of sp³-hybridized carbons (Fsp3) is 0.227. The lowest BCUT2D eigenvalue weighted by atomic mass is 10.0. The number of carbonyl (C=O) groups excluding carboxylic acids is 1. The molecule has 0 radical (unpaired) electrons. The Morgan fingerprint density at radius 2 is 2.00 bits per heavy atom. The number of pyridine rings is 1. The van der Waals surface area contributed by atoms with Gasteiger partial charge in [0.1, 0.15) is 5.82 Å². The topological polar surface area (TPSA) is 95.1 Å². The minimum Gasteiger partial charge on any atom is -0.404 e. The van der Waals surface area contributed by atoms with Crippen molar-refractivity contribution in [2.24, 2.45) is 5.73 Å². The minimum absolute atomic E-state index is 0.0687. The molecule has 0 bridgehead atoms. The monoisotopic (exact) mass is 429 g/mol. The maximum absolute atomic E-state index is 14.1. The highest BCUT2D eigenvalue weighted by molar-refractivity contribution is 6.10. The van der Waals surface area contributed by atoms with E-state index in [0.717, 1.165) is 18.6 Å². The molecule has 0 unspecified atom stereocenters. The maximum Gasteiger partial charge on any atom is 0.265 e. The predicted molar refractivity (Wildman–Crippen MR) is 116 cm³/mol. The van der Waals surface area contributed by atoms with Crippen molar-refractivity contribution in [2.45, 2.75) is 18.8 Å². The van der Waals surface area contributed by atoms with Crippen molar-refractivity contribution in [1.82, 2.24) is 4.98 Å². The normalized spacial score (nSPS) is 16.4. The number of nitrogens with zero attached hydrogens (tertiary/aromatic N) is 2.